The zero-order chi connectivity index (χ0) is 15.7. The first-order chi connectivity index (χ1) is 9.78. The minimum absolute atomic E-state index is 0.0285. The van der Waals surface area contributed by atoms with Crippen LogP contribution in [0.5, 0.6) is 0 Å². The number of carboxylic acid groups (broad SMARTS) is 1. The minimum Gasteiger partial charge on any atom is -0.481 e. The zero-order valence-electron chi connectivity index (χ0n) is 13.0. The number of amides is 1. The quantitative estimate of drug-likeness (QED) is 0.800. The Kier molecular flexibility index (Phi) is 4.58. The van der Waals surface area contributed by atoms with Crippen molar-refractivity contribution in [3.05, 3.63) is 0 Å². The highest BCUT2D eigenvalue weighted by Crippen LogP contribution is 2.46. The lowest BCUT2D eigenvalue weighted by Gasteiger charge is -2.50. The van der Waals surface area contributed by atoms with Gasteiger partial charge in [0.2, 0.25) is 0 Å². The number of hydrogen-bond acceptors (Lipinski definition) is 4. The number of carboxylic acids is 1. The maximum Gasteiger partial charge on any atom is 0.306 e. The first-order valence-corrected chi connectivity index (χ1v) is 7.60. The molecule has 21 heavy (non-hydrogen) atoms. The molecule has 1 aliphatic carbocycles. The smallest absolute Gasteiger partial charge is 0.306 e. The first kappa shape index (κ1) is 16.2. The third kappa shape index (κ3) is 3.55. The summed E-state index contributed by atoms with van der Waals surface area (Å²) in [5.41, 5.74) is -1.20. The van der Waals surface area contributed by atoms with E-state index in [9.17, 15) is 9.59 Å². The Morgan fingerprint density at radius 3 is 2.62 bits per heavy atom. The summed E-state index contributed by atoms with van der Waals surface area (Å²) in [6, 6.07) is 0.0285. The molecule has 2 rings (SSSR count). The number of rotatable bonds is 5. The lowest BCUT2D eigenvalue weighted by molar-refractivity contribution is -0.183. The molecule has 1 unspecified atom stereocenters. The molecule has 1 amide bonds. The molecule has 1 spiro atoms. The largest absolute Gasteiger partial charge is 0.481 e. The van der Waals surface area contributed by atoms with Gasteiger partial charge in [-0.1, -0.05) is 0 Å². The second-order valence-corrected chi connectivity index (χ2v) is 6.58. The van der Waals surface area contributed by atoms with Crippen LogP contribution in [0.4, 0.5) is 0 Å². The number of carbonyl (C=O) groups is 2. The molecule has 6 nitrogen and oxygen atoms in total. The lowest BCUT2D eigenvalue weighted by Crippen LogP contribution is -2.58. The van der Waals surface area contributed by atoms with Crippen LogP contribution in [0.1, 0.15) is 46.5 Å². The Labute approximate surface area is 125 Å². The molecule has 1 aliphatic heterocycles. The summed E-state index contributed by atoms with van der Waals surface area (Å²) < 4.78 is 11.2. The van der Waals surface area contributed by atoms with Crippen LogP contribution in [0.2, 0.25) is 0 Å². The van der Waals surface area contributed by atoms with Crippen LogP contribution in [0.25, 0.3) is 0 Å². The van der Waals surface area contributed by atoms with Crippen molar-refractivity contribution >= 4 is 11.9 Å². The first-order valence-electron chi connectivity index (χ1n) is 7.60. The van der Waals surface area contributed by atoms with Gasteiger partial charge in [-0.25, -0.2) is 0 Å². The molecular weight excluding hydrogens is 274 g/mol. The molecule has 2 fully saturated rings. The molecule has 1 saturated heterocycles. The second kappa shape index (κ2) is 5.93. The lowest BCUT2D eigenvalue weighted by atomic mass is 9.66. The van der Waals surface area contributed by atoms with Gasteiger partial charge in [0, 0.05) is 19.3 Å². The summed E-state index contributed by atoms with van der Waals surface area (Å²) in [4.78, 5) is 23.2. The van der Waals surface area contributed by atoms with E-state index in [0.717, 1.165) is 6.42 Å². The van der Waals surface area contributed by atoms with Crippen LogP contribution in [0.3, 0.4) is 0 Å². The van der Waals surface area contributed by atoms with Crippen molar-refractivity contribution in [2.24, 2.45) is 5.92 Å². The minimum atomic E-state index is -0.844. The zero-order valence-corrected chi connectivity index (χ0v) is 13.0. The molecule has 0 radical (unpaired) electrons. The Balaban J connectivity index is 1.88. The standard InChI is InChI=1S/C15H25NO5/c1-4-20-14(2,3)13(19)16-11-5-6-21-15(9-11)7-10(8-15)12(17)18/h10-11H,4-9H2,1-3H3,(H,16,19)(H,17,18). The summed E-state index contributed by atoms with van der Waals surface area (Å²) in [5, 5.41) is 12.0. The highest BCUT2D eigenvalue weighted by molar-refractivity contribution is 5.84. The van der Waals surface area contributed by atoms with E-state index >= 15 is 0 Å². The predicted molar refractivity (Wildman–Crippen MR) is 75.9 cm³/mol. The highest BCUT2D eigenvalue weighted by Gasteiger charge is 2.51. The van der Waals surface area contributed by atoms with E-state index in [4.69, 9.17) is 14.6 Å². The molecular formula is C15H25NO5. The van der Waals surface area contributed by atoms with Crippen LogP contribution in [-0.4, -0.2) is 47.4 Å². The van der Waals surface area contributed by atoms with E-state index in [2.05, 4.69) is 5.32 Å². The fraction of sp³-hybridized carbons (Fsp3) is 0.867. The Hall–Kier alpha value is -1.14. The molecule has 0 bridgehead atoms. The number of carbonyl (C=O) groups excluding carboxylic acids is 1. The third-order valence-electron chi connectivity index (χ3n) is 4.47. The van der Waals surface area contributed by atoms with Gasteiger partial charge in [0.15, 0.2) is 0 Å². The molecule has 2 N–H and O–H groups in total. The average Bonchev–Trinajstić information content (AvgIpc) is 2.35. The van der Waals surface area contributed by atoms with Crippen LogP contribution >= 0.6 is 0 Å². The van der Waals surface area contributed by atoms with Gasteiger partial charge in [-0.15, -0.1) is 0 Å². The van der Waals surface area contributed by atoms with E-state index in [1.165, 1.54) is 0 Å². The molecule has 1 heterocycles. The van der Waals surface area contributed by atoms with Crippen molar-refractivity contribution in [1.82, 2.24) is 5.32 Å². The topological polar surface area (TPSA) is 84.9 Å². The van der Waals surface area contributed by atoms with Crippen molar-refractivity contribution in [1.29, 1.82) is 0 Å². The van der Waals surface area contributed by atoms with Gasteiger partial charge in [-0.2, -0.15) is 0 Å². The van der Waals surface area contributed by atoms with Gasteiger partial charge < -0.3 is 19.9 Å². The van der Waals surface area contributed by atoms with E-state index in [-0.39, 0.29) is 23.5 Å². The fourth-order valence-corrected chi connectivity index (χ4v) is 3.23. The van der Waals surface area contributed by atoms with Gasteiger partial charge in [0.1, 0.15) is 5.60 Å². The van der Waals surface area contributed by atoms with Crippen molar-refractivity contribution in [3.63, 3.8) is 0 Å². The van der Waals surface area contributed by atoms with Crippen LogP contribution in [0.15, 0.2) is 0 Å². The molecule has 120 valence electrons. The van der Waals surface area contributed by atoms with Crippen molar-refractivity contribution < 1.29 is 24.2 Å². The normalized spacial score (nSPS) is 32.5. The van der Waals surface area contributed by atoms with Crippen molar-refractivity contribution in [2.45, 2.75) is 63.7 Å². The maximum absolute atomic E-state index is 12.2. The van der Waals surface area contributed by atoms with E-state index in [0.29, 0.717) is 32.5 Å². The Morgan fingerprint density at radius 1 is 1.38 bits per heavy atom. The average molecular weight is 299 g/mol. The van der Waals surface area contributed by atoms with Gasteiger partial charge in [0.25, 0.3) is 5.91 Å². The summed E-state index contributed by atoms with van der Waals surface area (Å²) in [6.45, 7) is 6.42. The second-order valence-electron chi connectivity index (χ2n) is 6.58. The Bertz CT molecular complexity index is 414. The van der Waals surface area contributed by atoms with Gasteiger partial charge in [-0.05, 0) is 46.5 Å². The van der Waals surface area contributed by atoms with Gasteiger partial charge in [-0.3, -0.25) is 9.59 Å². The Morgan fingerprint density at radius 2 is 2.05 bits per heavy atom. The van der Waals surface area contributed by atoms with E-state index in [1.54, 1.807) is 13.8 Å². The summed E-state index contributed by atoms with van der Waals surface area (Å²) in [6.07, 6.45) is 2.53. The molecule has 0 aromatic heterocycles. The molecule has 1 saturated carbocycles. The SMILES string of the molecule is CCOC(C)(C)C(=O)NC1CCOC2(C1)CC(C(=O)O)C2. The van der Waals surface area contributed by atoms with Crippen LogP contribution in [0, 0.1) is 5.92 Å². The monoisotopic (exact) mass is 299 g/mol. The van der Waals surface area contributed by atoms with E-state index in [1.807, 2.05) is 6.92 Å². The van der Waals surface area contributed by atoms with Gasteiger partial charge >= 0.3 is 5.97 Å². The highest BCUT2D eigenvalue weighted by atomic mass is 16.5. The molecule has 1 atom stereocenters. The molecule has 0 aromatic carbocycles. The van der Waals surface area contributed by atoms with Crippen molar-refractivity contribution in [2.75, 3.05) is 13.2 Å². The summed E-state index contributed by atoms with van der Waals surface area (Å²) in [5.74, 6) is -1.19. The fourth-order valence-electron chi connectivity index (χ4n) is 3.23. The van der Waals surface area contributed by atoms with Gasteiger partial charge in [0.05, 0.1) is 11.5 Å². The summed E-state index contributed by atoms with van der Waals surface area (Å²) in [7, 11) is 0. The predicted octanol–water partition coefficient (Wildman–Crippen LogP) is 1.33. The van der Waals surface area contributed by atoms with Crippen LogP contribution < -0.4 is 5.32 Å². The third-order valence-corrected chi connectivity index (χ3v) is 4.47. The molecule has 6 heteroatoms. The summed E-state index contributed by atoms with van der Waals surface area (Å²) >= 11 is 0. The molecule has 2 aliphatic rings. The number of hydrogen-bond donors (Lipinski definition) is 2. The number of ether oxygens (including phenoxy) is 2. The van der Waals surface area contributed by atoms with Crippen LogP contribution in [-0.2, 0) is 19.1 Å². The maximum atomic E-state index is 12.2. The molecule has 0 aromatic rings. The number of nitrogens with one attached hydrogen (secondary N) is 1. The number of aliphatic carboxylic acids is 1. The van der Waals surface area contributed by atoms with E-state index < -0.39 is 11.6 Å². The van der Waals surface area contributed by atoms with Crippen molar-refractivity contribution in [3.8, 4) is 0 Å².